The van der Waals surface area contributed by atoms with E-state index in [1.54, 1.807) is 13.8 Å². The van der Waals surface area contributed by atoms with Crippen molar-refractivity contribution in [1.82, 2.24) is 0 Å². The highest BCUT2D eigenvalue weighted by Crippen LogP contribution is 2.25. The third kappa shape index (κ3) is 8.75. The van der Waals surface area contributed by atoms with E-state index in [1.165, 1.54) is 43.4 Å². The standard InChI is InChI=1S/C19H31NO.C3H8O2S/c1-5-6-7-8-9-18-10-12-19(13-11-18)20-14-15(2)21-17(4)16(20)3;1-3(2)6(4)5/h10-13,15-17H,5-9,14H2,1-4H3;3H,1-2H3,(H,4,5)/p-1/t15-,16?,17+;/m0./s1. The van der Waals surface area contributed by atoms with Crippen LogP contribution in [0.5, 0.6) is 0 Å². The molecule has 2 rings (SSSR count). The molecule has 0 radical (unpaired) electrons. The quantitative estimate of drug-likeness (QED) is 0.476. The molecule has 4 atom stereocenters. The van der Waals surface area contributed by atoms with Gasteiger partial charge in [0.15, 0.2) is 0 Å². The molecule has 156 valence electrons. The minimum atomic E-state index is -1.87. The van der Waals surface area contributed by atoms with Gasteiger partial charge in [-0.25, -0.2) is 0 Å². The van der Waals surface area contributed by atoms with Gasteiger partial charge in [0.25, 0.3) is 0 Å². The van der Waals surface area contributed by atoms with Crippen LogP contribution in [0, 0.1) is 0 Å². The number of hydrogen-bond donors (Lipinski definition) is 0. The third-order valence-electron chi connectivity index (χ3n) is 5.04. The second-order valence-corrected chi connectivity index (χ2v) is 9.29. The number of benzene rings is 1. The van der Waals surface area contributed by atoms with Crippen molar-refractivity contribution >= 4 is 16.8 Å². The van der Waals surface area contributed by atoms with E-state index in [-0.39, 0.29) is 5.25 Å². The van der Waals surface area contributed by atoms with Gasteiger partial charge < -0.3 is 14.2 Å². The van der Waals surface area contributed by atoms with Crippen LogP contribution in [0.1, 0.15) is 72.8 Å². The summed E-state index contributed by atoms with van der Waals surface area (Å²) in [5, 5.41) is -0.231. The Hall–Kier alpha value is -0.910. The molecule has 0 amide bonds. The first-order chi connectivity index (χ1) is 12.8. The molecule has 1 fully saturated rings. The van der Waals surface area contributed by atoms with E-state index in [0.29, 0.717) is 18.2 Å². The lowest BCUT2D eigenvalue weighted by atomic mass is 10.0. The van der Waals surface area contributed by atoms with Crippen molar-refractivity contribution in [3.8, 4) is 0 Å². The number of aryl methyl sites for hydroxylation is 1. The second kappa shape index (κ2) is 12.5. The van der Waals surface area contributed by atoms with Gasteiger partial charge in [-0.3, -0.25) is 4.21 Å². The fourth-order valence-electron chi connectivity index (χ4n) is 3.17. The summed E-state index contributed by atoms with van der Waals surface area (Å²) in [4.78, 5) is 2.49. The number of nitrogens with zero attached hydrogens (tertiary/aromatic N) is 1. The highest BCUT2D eigenvalue weighted by molar-refractivity contribution is 7.79. The third-order valence-corrected chi connectivity index (χ3v) is 5.81. The number of anilines is 1. The maximum absolute atomic E-state index is 9.70. The monoisotopic (exact) mass is 396 g/mol. The predicted molar refractivity (Wildman–Crippen MR) is 115 cm³/mol. The van der Waals surface area contributed by atoms with Gasteiger partial charge in [-0.2, -0.15) is 0 Å². The molecule has 1 aliphatic rings. The molecule has 0 saturated carbocycles. The molecule has 0 aliphatic carbocycles. The molecule has 5 heteroatoms. The molecule has 0 aromatic heterocycles. The van der Waals surface area contributed by atoms with Gasteiger partial charge in [0.2, 0.25) is 0 Å². The summed E-state index contributed by atoms with van der Waals surface area (Å²) < 4.78 is 25.3. The van der Waals surface area contributed by atoms with Crippen molar-refractivity contribution in [2.45, 2.75) is 97.1 Å². The van der Waals surface area contributed by atoms with Crippen LogP contribution in [-0.4, -0.2) is 38.8 Å². The molecular formula is C22H38NO3S-. The lowest BCUT2D eigenvalue weighted by molar-refractivity contribution is -0.0257. The summed E-state index contributed by atoms with van der Waals surface area (Å²) in [6.45, 7) is 13.1. The summed E-state index contributed by atoms with van der Waals surface area (Å²) in [5.41, 5.74) is 2.80. The van der Waals surface area contributed by atoms with Crippen molar-refractivity contribution < 1.29 is 13.5 Å². The van der Waals surface area contributed by atoms with Crippen LogP contribution in [0.4, 0.5) is 5.69 Å². The van der Waals surface area contributed by atoms with E-state index in [0.717, 1.165) is 6.54 Å². The Bertz CT molecular complexity index is 547. The smallest absolute Gasteiger partial charge is 0.0751 e. The molecule has 2 unspecified atom stereocenters. The molecule has 4 nitrogen and oxygen atoms in total. The van der Waals surface area contributed by atoms with Crippen molar-refractivity contribution in [3.63, 3.8) is 0 Å². The zero-order chi connectivity index (χ0) is 20.4. The fourth-order valence-corrected chi connectivity index (χ4v) is 3.17. The van der Waals surface area contributed by atoms with Gasteiger partial charge in [0.05, 0.1) is 18.2 Å². The van der Waals surface area contributed by atoms with Crippen LogP contribution < -0.4 is 4.90 Å². The normalized spacial score (nSPS) is 23.7. The largest absolute Gasteiger partial charge is 0.772 e. The van der Waals surface area contributed by atoms with E-state index >= 15 is 0 Å². The number of rotatable bonds is 7. The van der Waals surface area contributed by atoms with Crippen LogP contribution in [0.2, 0.25) is 0 Å². The van der Waals surface area contributed by atoms with Gasteiger partial charge in [0.1, 0.15) is 0 Å². The van der Waals surface area contributed by atoms with Crippen molar-refractivity contribution in [2.24, 2.45) is 0 Å². The average Bonchev–Trinajstić information content (AvgIpc) is 2.63. The first-order valence-electron chi connectivity index (χ1n) is 10.3. The van der Waals surface area contributed by atoms with Crippen LogP contribution in [0.3, 0.4) is 0 Å². The summed E-state index contributed by atoms with van der Waals surface area (Å²) >= 11 is -1.87. The van der Waals surface area contributed by atoms with Gasteiger partial charge in [0, 0.05) is 17.5 Å². The van der Waals surface area contributed by atoms with Crippen LogP contribution in [-0.2, 0) is 22.2 Å². The first kappa shape index (κ1) is 24.1. The lowest BCUT2D eigenvalue weighted by Gasteiger charge is -2.42. The van der Waals surface area contributed by atoms with E-state index in [4.69, 9.17) is 4.74 Å². The molecule has 1 aromatic carbocycles. The molecule has 0 spiro atoms. The number of hydrogen-bond acceptors (Lipinski definition) is 4. The Morgan fingerprint density at radius 3 is 2.26 bits per heavy atom. The lowest BCUT2D eigenvalue weighted by Crippen LogP contribution is -2.52. The summed E-state index contributed by atoms with van der Waals surface area (Å²) in [7, 11) is 0. The summed E-state index contributed by atoms with van der Waals surface area (Å²) in [5.74, 6) is 0. The van der Waals surface area contributed by atoms with Crippen molar-refractivity contribution in [3.05, 3.63) is 29.8 Å². The maximum atomic E-state index is 9.70. The Morgan fingerprint density at radius 2 is 1.74 bits per heavy atom. The Morgan fingerprint density at radius 1 is 1.15 bits per heavy atom. The van der Waals surface area contributed by atoms with Crippen molar-refractivity contribution in [2.75, 3.05) is 11.4 Å². The molecule has 1 aromatic rings. The minimum absolute atomic E-state index is 0.231. The topological polar surface area (TPSA) is 52.6 Å². The number of ether oxygens (including phenoxy) is 1. The summed E-state index contributed by atoms with van der Waals surface area (Å²) in [6.07, 6.45) is 7.16. The zero-order valence-corrected chi connectivity index (χ0v) is 18.8. The van der Waals surface area contributed by atoms with Crippen LogP contribution >= 0.6 is 0 Å². The molecular weight excluding hydrogens is 358 g/mol. The highest BCUT2D eigenvalue weighted by Gasteiger charge is 2.29. The van der Waals surface area contributed by atoms with Gasteiger partial charge in [-0.1, -0.05) is 63.2 Å². The van der Waals surface area contributed by atoms with Crippen LogP contribution in [0.25, 0.3) is 0 Å². The maximum Gasteiger partial charge on any atom is 0.0751 e. The molecule has 1 aliphatic heterocycles. The first-order valence-corrected chi connectivity index (χ1v) is 11.5. The Kier molecular flexibility index (Phi) is 11.2. The molecule has 0 bridgehead atoms. The van der Waals surface area contributed by atoms with Gasteiger partial charge >= 0.3 is 0 Å². The minimum Gasteiger partial charge on any atom is -0.772 e. The van der Waals surface area contributed by atoms with E-state index in [2.05, 4.69) is 56.9 Å². The fraction of sp³-hybridized carbons (Fsp3) is 0.727. The molecule has 27 heavy (non-hydrogen) atoms. The SMILES string of the molecule is CC(C)S(=O)[O-].CCCCCCc1ccc(N2C[C@H](C)O[C@H](C)C2C)cc1. The number of morpholine rings is 1. The molecule has 1 heterocycles. The molecule has 1 saturated heterocycles. The predicted octanol–water partition coefficient (Wildman–Crippen LogP) is 5.09. The van der Waals surface area contributed by atoms with E-state index in [1.807, 2.05) is 0 Å². The van der Waals surface area contributed by atoms with E-state index < -0.39 is 11.1 Å². The Balaban J connectivity index is 0.000000527. The van der Waals surface area contributed by atoms with Gasteiger partial charge in [-0.15, -0.1) is 0 Å². The molecule has 0 N–H and O–H groups in total. The second-order valence-electron chi connectivity index (χ2n) is 7.83. The van der Waals surface area contributed by atoms with Gasteiger partial charge in [-0.05, 0) is 51.3 Å². The summed E-state index contributed by atoms with van der Waals surface area (Å²) in [6, 6.07) is 9.63. The average molecular weight is 397 g/mol. The van der Waals surface area contributed by atoms with Crippen LogP contribution in [0.15, 0.2) is 24.3 Å². The number of unbranched alkanes of at least 4 members (excludes halogenated alkanes) is 3. The Labute approximate surface area is 169 Å². The highest BCUT2D eigenvalue weighted by atomic mass is 32.2. The zero-order valence-electron chi connectivity index (χ0n) is 17.9. The van der Waals surface area contributed by atoms with Crippen molar-refractivity contribution in [1.29, 1.82) is 0 Å². The van der Waals surface area contributed by atoms with E-state index in [9.17, 15) is 8.76 Å².